The Morgan fingerprint density at radius 1 is 1.19 bits per heavy atom. The van der Waals surface area contributed by atoms with E-state index in [1.165, 1.54) is 17.8 Å². The first kappa shape index (κ1) is 26.8. The molecule has 6 nitrogen and oxygen atoms in total. The quantitative estimate of drug-likeness (QED) is 0.243. The van der Waals surface area contributed by atoms with Crippen molar-refractivity contribution in [1.82, 2.24) is 15.4 Å². The number of nitrogens with zero attached hydrogens (tertiary/aromatic N) is 2. The van der Waals surface area contributed by atoms with Crippen molar-refractivity contribution < 1.29 is 23.8 Å². The third-order valence-corrected chi connectivity index (χ3v) is 8.12. The molecule has 0 amide bonds. The summed E-state index contributed by atoms with van der Waals surface area (Å²) in [5, 5.41) is 21.0. The second-order valence-corrected chi connectivity index (χ2v) is 10.4. The maximum Gasteiger partial charge on any atom is 0.136 e. The number of likely N-dealkylation sites (tertiary alicyclic amines) is 1. The molecule has 1 fully saturated rings. The number of aromatic nitrogens is 1. The van der Waals surface area contributed by atoms with E-state index in [1.54, 1.807) is 13.3 Å². The zero-order valence-corrected chi connectivity index (χ0v) is 21.2. The van der Waals surface area contributed by atoms with Gasteiger partial charge in [0, 0.05) is 41.9 Å². The van der Waals surface area contributed by atoms with Crippen LogP contribution in [0.25, 0.3) is 10.9 Å². The highest BCUT2D eigenvalue weighted by Gasteiger charge is 2.29. The minimum atomic E-state index is -0.436. The molecule has 3 aromatic rings. The van der Waals surface area contributed by atoms with Gasteiger partial charge in [0.1, 0.15) is 17.4 Å². The van der Waals surface area contributed by atoms with Crippen LogP contribution in [0.15, 0.2) is 53.6 Å². The number of benzene rings is 2. The molecule has 1 aliphatic rings. The smallest absolute Gasteiger partial charge is 0.136 e. The number of ether oxygens (including phenoxy) is 1. The molecule has 36 heavy (non-hydrogen) atoms. The number of nitrogens with one attached hydrogen (secondary N) is 1. The molecule has 0 saturated carbocycles. The monoisotopic (exact) mass is 517 g/mol. The molecular weight excluding hydrogens is 484 g/mol. The van der Waals surface area contributed by atoms with Crippen LogP contribution in [-0.4, -0.2) is 59.3 Å². The summed E-state index contributed by atoms with van der Waals surface area (Å²) in [5.74, 6) is 1.01. The van der Waals surface area contributed by atoms with Crippen LogP contribution >= 0.6 is 11.8 Å². The summed E-state index contributed by atoms with van der Waals surface area (Å²) >= 11 is 1.31. The molecule has 0 aliphatic carbocycles. The highest BCUT2D eigenvalue weighted by atomic mass is 32.2. The number of hydrogen-bond acceptors (Lipinski definition) is 7. The second kappa shape index (κ2) is 12.8. The predicted molar refractivity (Wildman–Crippen MR) is 137 cm³/mol. The average Bonchev–Trinajstić information content (AvgIpc) is 2.91. The zero-order valence-electron chi connectivity index (χ0n) is 20.4. The Hall–Kier alpha value is -2.30. The van der Waals surface area contributed by atoms with Crippen molar-refractivity contribution in [3.8, 4) is 5.75 Å². The summed E-state index contributed by atoms with van der Waals surface area (Å²) in [6.07, 6.45) is 4.25. The number of rotatable bonds is 11. The van der Waals surface area contributed by atoms with Crippen molar-refractivity contribution >= 4 is 22.7 Å². The van der Waals surface area contributed by atoms with Gasteiger partial charge < -0.3 is 20.0 Å². The summed E-state index contributed by atoms with van der Waals surface area (Å²) in [6, 6.07) is 10.9. The molecule has 1 aliphatic heterocycles. The highest BCUT2D eigenvalue weighted by molar-refractivity contribution is 7.99. The summed E-state index contributed by atoms with van der Waals surface area (Å²) in [5.41, 5.74) is 4.28. The maximum atomic E-state index is 13.9. The summed E-state index contributed by atoms with van der Waals surface area (Å²) in [7, 11) is 1.62. The van der Waals surface area contributed by atoms with Gasteiger partial charge in [-0.3, -0.25) is 4.98 Å². The Kier molecular flexibility index (Phi) is 9.50. The molecule has 0 radical (unpaired) electrons. The van der Waals surface area contributed by atoms with E-state index in [0.29, 0.717) is 23.0 Å². The van der Waals surface area contributed by atoms with Crippen molar-refractivity contribution in [3.63, 3.8) is 0 Å². The Morgan fingerprint density at radius 2 is 2.06 bits per heavy atom. The Balaban J connectivity index is 1.33. The zero-order chi connectivity index (χ0) is 25.5. The number of fused-ring (bicyclic) bond motifs is 1. The van der Waals surface area contributed by atoms with Gasteiger partial charge in [0.05, 0.1) is 18.7 Å². The largest absolute Gasteiger partial charge is 0.497 e. The van der Waals surface area contributed by atoms with E-state index in [9.17, 15) is 19.1 Å². The lowest BCUT2D eigenvalue weighted by Gasteiger charge is -2.38. The first-order valence-electron chi connectivity index (χ1n) is 12.3. The van der Waals surface area contributed by atoms with Gasteiger partial charge >= 0.3 is 0 Å². The van der Waals surface area contributed by atoms with E-state index in [0.717, 1.165) is 66.8 Å². The van der Waals surface area contributed by atoms with Gasteiger partial charge in [-0.05, 0) is 85.7 Å². The number of thioether (sulfide) groups is 1. The van der Waals surface area contributed by atoms with Crippen LogP contribution in [0.3, 0.4) is 0 Å². The molecule has 4 rings (SSSR count). The number of aliphatic hydroxyl groups excluding tert-OH is 1. The van der Waals surface area contributed by atoms with Crippen molar-refractivity contribution in [2.75, 3.05) is 39.1 Å². The van der Waals surface area contributed by atoms with Crippen LogP contribution in [0.5, 0.6) is 5.75 Å². The lowest BCUT2D eigenvalue weighted by molar-refractivity contribution is 0.0626. The van der Waals surface area contributed by atoms with Crippen LogP contribution < -0.4 is 10.2 Å². The van der Waals surface area contributed by atoms with E-state index >= 15 is 0 Å². The summed E-state index contributed by atoms with van der Waals surface area (Å²) in [6.45, 7) is 2.49. The van der Waals surface area contributed by atoms with E-state index in [2.05, 4.69) is 15.4 Å². The lowest BCUT2D eigenvalue weighted by atomic mass is 9.81. The number of piperidine rings is 1. The molecule has 0 spiro atoms. The van der Waals surface area contributed by atoms with Crippen molar-refractivity contribution in [2.45, 2.75) is 30.2 Å². The van der Waals surface area contributed by atoms with E-state index in [-0.39, 0.29) is 18.6 Å². The first-order chi connectivity index (χ1) is 17.5. The van der Waals surface area contributed by atoms with E-state index in [4.69, 9.17) is 4.74 Å². The molecular formula is C27H33F2N3O3S. The highest BCUT2D eigenvalue weighted by Crippen LogP contribution is 2.33. The second-order valence-electron chi connectivity index (χ2n) is 9.26. The Bertz CT molecular complexity index is 1150. The van der Waals surface area contributed by atoms with Crippen molar-refractivity contribution in [2.24, 2.45) is 11.8 Å². The standard InChI is InChI=1S/C27H33F2N3O3S/c1-35-21-4-7-25-23(15-21)22(8-10-30-25)26(31-34)6-2-18-9-11-32(16-19(18)17-33)12-13-36-27-14-20(28)3-5-24(27)29/h3-5,7-8,10,14-15,18-19,26,31,33-34H,2,6,9,11-13,16-17H2,1H3/t18-,19-,26?/m1/s1. The molecule has 3 N–H and O–H groups in total. The number of methoxy groups -OCH3 is 1. The third-order valence-electron chi connectivity index (χ3n) is 7.11. The third kappa shape index (κ3) is 6.52. The molecule has 194 valence electrons. The fourth-order valence-electron chi connectivity index (χ4n) is 5.07. The number of hydroxylamine groups is 1. The van der Waals surface area contributed by atoms with Gasteiger partial charge in [0.2, 0.25) is 0 Å². The molecule has 0 bridgehead atoms. The Labute approximate surface area is 214 Å². The van der Waals surface area contributed by atoms with Crippen LogP contribution in [0.1, 0.15) is 30.9 Å². The van der Waals surface area contributed by atoms with Crippen LogP contribution in [0.2, 0.25) is 0 Å². The Morgan fingerprint density at radius 3 is 2.83 bits per heavy atom. The average molecular weight is 518 g/mol. The number of pyridine rings is 1. The molecule has 9 heteroatoms. The van der Waals surface area contributed by atoms with Crippen LogP contribution in [0.4, 0.5) is 8.78 Å². The van der Waals surface area contributed by atoms with Crippen LogP contribution in [0, 0.1) is 23.5 Å². The molecule has 3 atom stereocenters. The number of hydrogen-bond donors (Lipinski definition) is 3. The predicted octanol–water partition coefficient (Wildman–Crippen LogP) is 5.04. The van der Waals surface area contributed by atoms with Gasteiger partial charge in [-0.1, -0.05) is 0 Å². The number of halogens is 2. The SMILES string of the molecule is COc1ccc2nccc(C(CC[C@@H]3CCN(CCSc4cc(F)ccc4F)C[C@@H]3CO)NO)c2c1. The maximum absolute atomic E-state index is 13.9. The minimum Gasteiger partial charge on any atom is -0.497 e. The van der Waals surface area contributed by atoms with Gasteiger partial charge in [-0.2, -0.15) is 5.48 Å². The fourth-order valence-corrected chi connectivity index (χ4v) is 6.04. The normalized spacial score (nSPS) is 19.5. The molecule has 2 aromatic carbocycles. The van der Waals surface area contributed by atoms with Crippen LogP contribution in [-0.2, 0) is 0 Å². The topological polar surface area (TPSA) is 77.9 Å². The fraction of sp³-hybridized carbons (Fsp3) is 0.444. The van der Waals surface area contributed by atoms with Gasteiger partial charge in [0.25, 0.3) is 0 Å². The molecule has 2 heterocycles. The summed E-state index contributed by atoms with van der Waals surface area (Å²) in [4.78, 5) is 7.04. The minimum absolute atomic E-state index is 0.0967. The van der Waals surface area contributed by atoms with Gasteiger partial charge in [0.15, 0.2) is 0 Å². The van der Waals surface area contributed by atoms with Gasteiger partial charge in [-0.25, -0.2) is 8.78 Å². The van der Waals surface area contributed by atoms with Gasteiger partial charge in [-0.15, -0.1) is 11.8 Å². The molecule has 1 unspecified atom stereocenters. The van der Waals surface area contributed by atoms with E-state index in [1.807, 2.05) is 24.3 Å². The molecule has 1 saturated heterocycles. The van der Waals surface area contributed by atoms with Crippen molar-refractivity contribution in [3.05, 3.63) is 65.9 Å². The molecule has 1 aromatic heterocycles. The lowest BCUT2D eigenvalue weighted by Crippen LogP contribution is -2.43. The van der Waals surface area contributed by atoms with E-state index < -0.39 is 11.6 Å². The van der Waals surface area contributed by atoms with Crippen molar-refractivity contribution in [1.29, 1.82) is 0 Å². The first-order valence-corrected chi connectivity index (χ1v) is 13.2. The number of aliphatic hydroxyl groups is 1. The summed E-state index contributed by atoms with van der Waals surface area (Å²) < 4.78 is 32.6.